The van der Waals surface area contributed by atoms with Crippen molar-refractivity contribution in [2.24, 2.45) is 0 Å². The quantitative estimate of drug-likeness (QED) is 0.819. The monoisotopic (exact) mass is 248 g/mol. The van der Waals surface area contributed by atoms with Gasteiger partial charge in [0, 0.05) is 19.3 Å². The van der Waals surface area contributed by atoms with Crippen LogP contribution in [0, 0.1) is 0 Å². The maximum atomic E-state index is 13.8. The second-order valence-corrected chi connectivity index (χ2v) is 4.44. The van der Waals surface area contributed by atoms with Crippen LogP contribution in [0.25, 0.3) is 5.52 Å². The van der Waals surface area contributed by atoms with Crippen LogP contribution in [0.5, 0.6) is 0 Å². The Kier molecular flexibility index (Phi) is 2.52. The molecule has 0 aliphatic carbocycles. The van der Waals surface area contributed by atoms with Crippen molar-refractivity contribution in [3.8, 4) is 0 Å². The molecule has 0 radical (unpaired) electrons. The highest BCUT2D eigenvalue weighted by atomic mass is 19.1. The van der Waals surface area contributed by atoms with Crippen molar-refractivity contribution in [2.45, 2.75) is 12.2 Å². The Labute approximate surface area is 103 Å². The molecule has 1 amide bonds. The zero-order valence-electron chi connectivity index (χ0n) is 9.69. The van der Waals surface area contributed by atoms with Crippen molar-refractivity contribution in [1.82, 2.24) is 20.2 Å². The molecule has 0 atom stereocenters. The highest BCUT2D eigenvalue weighted by molar-refractivity contribution is 5.86. The molecule has 0 saturated carbocycles. The smallest absolute Gasteiger partial charge is 0.260 e. The minimum atomic E-state index is -1.75. The van der Waals surface area contributed by atoms with E-state index in [1.807, 2.05) is 24.3 Å². The number of pyridine rings is 1. The molecule has 2 aromatic rings. The van der Waals surface area contributed by atoms with E-state index in [1.54, 1.807) is 10.7 Å². The largest absolute Gasteiger partial charge is 0.348 e. The average Bonchev–Trinajstić information content (AvgIpc) is 2.81. The topological polar surface area (TPSA) is 58.4 Å². The number of nitrogens with one attached hydrogen (secondary N) is 2. The lowest BCUT2D eigenvalue weighted by Crippen LogP contribution is -2.64. The fraction of sp³-hybridized carbons (Fsp3) is 0.333. The summed E-state index contributed by atoms with van der Waals surface area (Å²) in [5.41, 5.74) is 0.0154. The normalized spacial score (nSPS) is 17.4. The van der Waals surface area contributed by atoms with Crippen molar-refractivity contribution >= 4 is 11.4 Å². The lowest BCUT2D eigenvalue weighted by molar-refractivity contribution is -0.136. The highest BCUT2D eigenvalue weighted by Crippen LogP contribution is 2.16. The number of amides is 1. The first kappa shape index (κ1) is 11.2. The number of alkyl halides is 1. The molecule has 1 fully saturated rings. The molecule has 0 aromatic carbocycles. The third-order valence-electron chi connectivity index (χ3n) is 3.15. The Morgan fingerprint density at radius 2 is 2.33 bits per heavy atom. The van der Waals surface area contributed by atoms with Gasteiger partial charge in [0.25, 0.3) is 5.91 Å². The lowest BCUT2D eigenvalue weighted by atomic mass is 9.98. The summed E-state index contributed by atoms with van der Waals surface area (Å²) < 4.78 is 15.5. The van der Waals surface area contributed by atoms with Crippen LogP contribution in [0.4, 0.5) is 4.39 Å². The van der Waals surface area contributed by atoms with Crippen LogP contribution in [0.15, 0.2) is 30.5 Å². The van der Waals surface area contributed by atoms with Gasteiger partial charge in [0.05, 0.1) is 17.8 Å². The molecule has 0 unspecified atom stereocenters. The van der Waals surface area contributed by atoms with Gasteiger partial charge >= 0.3 is 0 Å². The number of rotatable bonds is 3. The van der Waals surface area contributed by atoms with Crippen LogP contribution >= 0.6 is 0 Å². The van der Waals surface area contributed by atoms with E-state index in [-0.39, 0.29) is 19.6 Å². The van der Waals surface area contributed by atoms with Crippen LogP contribution in [0.3, 0.4) is 0 Å². The number of hydrogen-bond acceptors (Lipinski definition) is 3. The van der Waals surface area contributed by atoms with Gasteiger partial charge in [-0.05, 0) is 18.2 Å². The second kappa shape index (κ2) is 4.06. The fourth-order valence-corrected chi connectivity index (χ4v) is 1.98. The maximum absolute atomic E-state index is 13.8. The molecule has 2 N–H and O–H groups in total. The summed E-state index contributed by atoms with van der Waals surface area (Å²) >= 11 is 0. The van der Waals surface area contributed by atoms with Crippen LogP contribution < -0.4 is 10.6 Å². The first-order valence-electron chi connectivity index (χ1n) is 5.79. The first-order valence-corrected chi connectivity index (χ1v) is 5.79. The van der Waals surface area contributed by atoms with E-state index < -0.39 is 11.6 Å². The molecule has 2 aromatic heterocycles. The lowest BCUT2D eigenvalue weighted by Gasteiger charge is -2.33. The van der Waals surface area contributed by atoms with E-state index in [0.29, 0.717) is 0 Å². The van der Waals surface area contributed by atoms with Gasteiger partial charge in [-0.15, -0.1) is 0 Å². The first-order chi connectivity index (χ1) is 8.69. The Balaban J connectivity index is 1.73. The maximum Gasteiger partial charge on any atom is 0.260 e. The molecular formula is C12H13FN4O. The summed E-state index contributed by atoms with van der Waals surface area (Å²) in [6, 6.07) is 7.53. The fourth-order valence-electron chi connectivity index (χ4n) is 1.98. The zero-order valence-corrected chi connectivity index (χ0v) is 9.69. The molecule has 1 aliphatic heterocycles. The van der Waals surface area contributed by atoms with Crippen LogP contribution in [0.1, 0.15) is 5.69 Å². The van der Waals surface area contributed by atoms with Crippen molar-refractivity contribution in [1.29, 1.82) is 0 Å². The summed E-state index contributed by atoms with van der Waals surface area (Å²) in [5.74, 6) is -0.564. The van der Waals surface area contributed by atoms with Gasteiger partial charge in [-0.3, -0.25) is 4.79 Å². The van der Waals surface area contributed by atoms with E-state index in [4.69, 9.17) is 0 Å². The van der Waals surface area contributed by atoms with Crippen LogP contribution in [-0.2, 0) is 11.3 Å². The van der Waals surface area contributed by atoms with Crippen LogP contribution in [-0.4, -0.2) is 34.3 Å². The Morgan fingerprint density at radius 3 is 3.06 bits per heavy atom. The molecular weight excluding hydrogens is 235 g/mol. The van der Waals surface area contributed by atoms with Gasteiger partial charge in [0.1, 0.15) is 0 Å². The van der Waals surface area contributed by atoms with Crippen molar-refractivity contribution in [3.63, 3.8) is 0 Å². The number of carbonyl (C=O) groups is 1. The molecule has 0 bridgehead atoms. The van der Waals surface area contributed by atoms with Gasteiger partial charge in [0.15, 0.2) is 0 Å². The van der Waals surface area contributed by atoms with Gasteiger partial charge in [-0.2, -0.15) is 5.10 Å². The number of carbonyl (C=O) groups excluding carboxylic acids is 1. The molecule has 3 heterocycles. The van der Waals surface area contributed by atoms with E-state index >= 15 is 0 Å². The third-order valence-corrected chi connectivity index (χ3v) is 3.15. The van der Waals surface area contributed by atoms with Crippen molar-refractivity contribution in [3.05, 3.63) is 36.2 Å². The van der Waals surface area contributed by atoms with Crippen molar-refractivity contribution < 1.29 is 9.18 Å². The number of halogens is 1. The Bertz CT molecular complexity index is 591. The molecule has 0 spiro atoms. The number of nitrogens with zero attached hydrogens (tertiary/aromatic N) is 2. The third kappa shape index (κ3) is 1.74. The van der Waals surface area contributed by atoms with Gasteiger partial charge in [-0.25, -0.2) is 8.91 Å². The molecule has 5 nitrogen and oxygen atoms in total. The van der Waals surface area contributed by atoms with Gasteiger partial charge in [-0.1, -0.05) is 6.07 Å². The number of fused-ring (bicyclic) bond motifs is 1. The predicted molar refractivity (Wildman–Crippen MR) is 63.7 cm³/mol. The number of aromatic nitrogens is 2. The van der Waals surface area contributed by atoms with Gasteiger partial charge in [0.2, 0.25) is 5.67 Å². The summed E-state index contributed by atoms with van der Waals surface area (Å²) in [5, 5.41) is 9.51. The van der Waals surface area contributed by atoms with Crippen LogP contribution in [0.2, 0.25) is 0 Å². The molecule has 6 heteroatoms. The molecule has 1 saturated heterocycles. The van der Waals surface area contributed by atoms with E-state index in [0.717, 1.165) is 11.2 Å². The molecule has 1 aliphatic rings. The van der Waals surface area contributed by atoms with Gasteiger partial charge < -0.3 is 10.6 Å². The molecule has 94 valence electrons. The molecule has 18 heavy (non-hydrogen) atoms. The summed E-state index contributed by atoms with van der Waals surface area (Å²) in [7, 11) is 0. The standard InChI is InChI=1S/C12H13FN4O/c13-12(7-14-8-12)11(18)15-6-10-3-1-2-9-4-5-16-17(9)10/h1-5,14H,6-8H2,(H,15,18). The van der Waals surface area contributed by atoms with Crippen molar-refractivity contribution in [2.75, 3.05) is 13.1 Å². The molecule has 3 rings (SSSR count). The highest BCUT2D eigenvalue weighted by Gasteiger charge is 2.44. The predicted octanol–water partition coefficient (Wildman–Crippen LogP) is 0.262. The minimum absolute atomic E-state index is 0.0881. The zero-order chi connectivity index (χ0) is 12.6. The van der Waals surface area contributed by atoms with E-state index in [9.17, 15) is 9.18 Å². The summed E-state index contributed by atoms with van der Waals surface area (Å²) in [6.45, 7) is 0.444. The minimum Gasteiger partial charge on any atom is -0.348 e. The van der Waals surface area contributed by atoms with E-state index in [1.165, 1.54) is 0 Å². The Morgan fingerprint density at radius 1 is 1.50 bits per heavy atom. The second-order valence-electron chi connectivity index (χ2n) is 4.44. The number of hydrogen-bond donors (Lipinski definition) is 2. The Hall–Kier alpha value is -1.95. The SMILES string of the molecule is O=C(NCc1cccc2ccnn12)C1(F)CNC1. The average molecular weight is 248 g/mol. The summed E-state index contributed by atoms with van der Waals surface area (Å²) in [4.78, 5) is 11.6. The van der Waals surface area contributed by atoms with E-state index in [2.05, 4.69) is 15.7 Å². The summed E-state index contributed by atoms with van der Waals surface area (Å²) in [6.07, 6.45) is 1.69.